The highest BCUT2D eigenvalue weighted by Gasteiger charge is 2.32. The Kier molecular flexibility index (Phi) is 6.56. The van der Waals surface area contributed by atoms with Gasteiger partial charge in [-0.2, -0.15) is 0 Å². The summed E-state index contributed by atoms with van der Waals surface area (Å²) in [6, 6.07) is 9.07. The van der Waals surface area contributed by atoms with Gasteiger partial charge >= 0.3 is 0 Å². The van der Waals surface area contributed by atoms with Crippen molar-refractivity contribution in [1.29, 1.82) is 0 Å². The van der Waals surface area contributed by atoms with Gasteiger partial charge in [-0.1, -0.05) is 24.6 Å². The minimum absolute atomic E-state index is 0. The van der Waals surface area contributed by atoms with Crippen LogP contribution in [0, 0.1) is 12.8 Å². The lowest BCUT2D eigenvalue weighted by molar-refractivity contribution is 0.207. The van der Waals surface area contributed by atoms with E-state index in [4.69, 9.17) is 9.73 Å². The number of guanidine groups is 1. The van der Waals surface area contributed by atoms with Crippen LogP contribution < -0.4 is 10.1 Å². The fourth-order valence-corrected chi connectivity index (χ4v) is 3.19. The molecule has 0 amide bonds. The fourth-order valence-electron chi connectivity index (χ4n) is 3.19. The van der Waals surface area contributed by atoms with E-state index < -0.39 is 0 Å². The predicted octanol–water partition coefficient (Wildman–Crippen LogP) is 3.44. The standard InChI is InChI=1S/C18H27N3O.HI/c1-13-5-8-17(9-6-13)22-12-15(3)20-18-19-10-16-7-4-14(2)11-21(16)18;/h5-6,8-9,14-16H,4,7,10-12H2,1-3H3,(H,19,20);1H. The summed E-state index contributed by atoms with van der Waals surface area (Å²) in [5.74, 6) is 2.76. The van der Waals surface area contributed by atoms with Crippen LogP contribution >= 0.6 is 24.0 Å². The summed E-state index contributed by atoms with van der Waals surface area (Å²) in [6.45, 7) is 9.29. The van der Waals surface area contributed by atoms with Crippen molar-refractivity contribution in [1.82, 2.24) is 10.2 Å². The van der Waals surface area contributed by atoms with Gasteiger partial charge in [-0.05, 0) is 44.7 Å². The second-order valence-electron chi connectivity index (χ2n) is 6.82. The van der Waals surface area contributed by atoms with Gasteiger partial charge in [0, 0.05) is 6.54 Å². The molecule has 1 fully saturated rings. The molecule has 0 saturated carbocycles. The van der Waals surface area contributed by atoms with E-state index in [-0.39, 0.29) is 30.0 Å². The Balaban J connectivity index is 0.00000192. The van der Waals surface area contributed by atoms with E-state index >= 15 is 0 Å². The van der Waals surface area contributed by atoms with E-state index in [0.29, 0.717) is 12.6 Å². The van der Waals surface area contributed by atoms with Crippen LogP contribution in [-0.4, -0.2) is 42.6 Å². The molecule has 2 aliphatic heterocycles. The monoisotopic (exact) mass is 429 g/mol. The summed E-state index contributed by atoms with van der Waals surface area (Å²) in [7, 11) is 0. The van der Waals surface area contributed by atoms with Crippen molar-refractivity contribution >= 4 is 29.9 Å². The van der Waals surface area contributed by atoms with Crippen LogP contribution in [0.15, 0.2) is 29.3 Å². The maximum Gasteiger partial charge on any atom is 0.194 e. The molecule has 0 aromatic heterocycles. The summed E-state index contributed by atoms with van der Waals surface area (Å²) in [5, 5.41) is 3.53. The second kappa shape index (κ2) is 8.22. The number of ether oxygens (including phenoxy) is 1. The molecule has 128 valence electrons. The maximum absolute atomic E-state index is 5.85. The van der Waals surface area contributed by atoms with E-state index in [9.17, 15) is 0 Å². The Hall–Kier alpha value is -0.980. The highest BCUT2D eigenvalue weighted by Crippen LogP contribution is 2.25. The molecule has 0 spiro atoms. The Labute approximate surface area is 156 Å². The van der Waals surface area contributed by atoms with Crippen molar-refractivity contribution < 1.29 is 4.74 Å². The molecule has 1 saturated heterocycles. The van der Waals surface area contributed by atoms with E-state index in [1.807, 2.05) is 12.1 Å². The molecule has 1 N–H and O–H groups in total. The van der Waals surface area contributed by atoms with Gasteiger partial charge in [-0.15, -0.1) is 24.0 Å². The molecule has 1 aromatic carbocycles. The Morgan fingerprint density at radius 2 is 2.04 bits per heavy atom. The third-order valence-corrected chi connectivity index (χ3v) is 4.56. The molecule has 3 rings (SSSR count). The summed E-state index contributed by atoms with van der Waals surface area (Å²) in [5.41, 5.74) is 1.25. The van der Waals surface area contributed by atoms with Gasteiger partial charge in [0.2, 0.25) is 0 Å². The van der Waals surface area contributed by atoms with Crippen LogP contribution in [0.4, 0.5) is 0 Å². The van der Waals surface area contributed by atoms with Gasteiger partial charge in [0.15, 0.2) is 5.96 Å². The number of nitrogens with one attached hydrogen (secondary N) is 1. The zero-order valence-electron chi connectivity index (χ0n) is 14.3. The molecule has 3 unspecified atom stereocenters. The molecule has 0 radical (unpaired) electrons. The third-order valence-electron chi connectivity index (χ3n) is 4.56. The van der Waals surface area contributed by atoms with Crippen molar-refractivity contribution in [2.45, 2.75) is 45.7 Å². The maximum atomic E-state index is 5.85. The summed E-state index contributed by atoms with van der Waals surface area (Å²) in [6.07, 6.45) is 2.60. The number of piperidine rings is 1. The third kappa shape index (κ3) is 4.75. The Morgan fingerprint density at radius 1 is 1.30 bits per heavy atom. The molecule has 4 nitrogen and oxygen atoms in total. The minimum atomic E-state index is 0. The lowest BCUT2D eigenvalue weighted by atomic mass is 9.95. The van der Waals surface area contributed by atoms with Crippen molar-refractivity contribution in [2.24, 2.45) is 10.9 Å². The molecule has 0 bridgehead atoms. The van der Waals surface area contributed by atoms with Crippen molar-refractivity contribution in [3.63, 3.8) is 0 Å². The number of aliphatic imine (C=N–C) groups is 1. The summed E-state index contributed by atoms with van der Waals surface area (Å²) < 4.78 is 5.85. The van der Waals surface area contributed by atoms with E-state index in [0.717, 1.165) is 30.7 Å². The van der Waals surface area contributed by atoms with Crippen molar-refractivity contribution in [3.05, 3.63) is 29.8 Å². The lowest BCUT2D eigenvalue weighted by Gasteiger charge is -2.36. The topological polar surface area (TPSA) is 36.9 Å². The fraction of sp³-hybridized carbons (Fsp3) is 0.611. The SMILES string of the molecule is Cc1ccc(OCC(C)NC2=NCC3CCC(C)CN23)cc1.I. The number of hydrogen-bond donors (Lipinski definition) is 1. The minimum Gasteiger partial charge on any atom is -0.491 e. The van der Waals surface area contributed by atoms with Gasteiger partial charge in [0.05, 0.1) is 18.6 Å². The molecule has 2 aliphatic rings. The summed E-state index contributed by atoms with van der Waals surface area (Å²) >= 11 is 0. The van der Waals surface area contributed by atoms with Crippen LogP contribution in [0.1, 0.15) is 32.3 Å². The van der Waals surface area contributed by atoms with Crippen LogP contribution in [0.5, 0.6) is 5.75 Å². The van der Waals surface area contributed by atoms with Crippen LogP contribution in [0.2, 0.25) is 0 Å². The first-order valence-electron chi connectivity index (χ1n) is 8.39. The molecule has 1 aromatic rings. The smallest absolute Gasteiger partial charge is 0.194 e. The molecule has 5 heteroatoms. The van der Waals surface area contributed by atoms with Crippen LogP contribution in [0.3, 0.4) is 0 Å². The van der Waals surface area contributed by atoms with E-state index in [1.54, 1.807) is 0 Å². The first kappa shape index (κ1) is 18.4. The van der Waals surface area contributed by atoms with E-state index in [1.165, 1.54) is 18.4 Å². The molecule has 3 atom stereocenters. The van der Waals surface area contributed by atoms with Crippen molar-refractivity contribution in [2.75, 3.05) is 19.7 Å². The summed E-state index contributed by atoms with van der Waals surface area (Å²) in [4.78, 5) is 7.15. The number of halogens is 1. The molecule has 0 aliphatic carbocycles. The second-order valence-corrected chi connectivity index (χ2v) is 6.82. The quantitative estimate of drug-likeness (QED) is 0.746. The largest absolute Gasteiger partial charge is 0.491 e. The molecule has 23 heavy (non-hydrogen) atoms. The van der Waals surface area contributed by atoms with Crippen LogP contribution in [0.25, 0.3) is 0 Å². The van der Waals surface area contributed by atoms with Gasteiger partial charge < -0.3 is 15.0 Å². The van der Waals surface area contributed by atoms with Crippen molar-refractivity contribution in [3.8, 4) is 5.75 Å². The number of nitrogens with zero attached hydrogens (tertiary/aromatic N) is 2. The van der Waals surface area contributed by atoms with Crippen LogP contribution in [-0.2, 0) is 0 Å². The van der Waals surface area contributed by atoms with Gasteiger partial charge in [0.25, 0.3) is 0 Å². The number of benzene rings is 1. The highest BCUT2D eigenvalue weighted by molar-refractivity contribution is 14.0. The Bertz CT molecular complexity index is 532. The highest BCUT2D eigenvalue weighted by atomic mass is 127. The predicted molar refractivity (Wildman–Crippen MR) is 106 cm³/mol. The van der Waals surface area contributed by atoms with Gasteiger partial charge in [0.1, 0.15) is 12.4 Å². The molecular weight excluding hydrogens is 401 g/mol. The number of rotatable bonds is 4. The van der Waals surface area contributed by atoms with Gasteiger partial charge in [-0.25, -0.2) is 0 Å². The molecule has 2 heterocycles. The number of hydrogen-bond acceptors (Lipinski definition) is 4. The first-order valence-corrected chi connectivity index (χ1v) is 8.39. The lowest BCUT2D eigenvalue weighted by Crippen LogP contribution is -2.51. The number of fused-ring (bicyclic) bond motifs is 1. The van der Waals surface area contributed by atoms with Gasteiger partial charge in [-0.3, -0.25) is 4.99 Å². The average Bonchev–Trinajstić information content (AvgIpc) is 2.89. The Morgan fingerprint density at radius 3 is 2.78 bits per heavy atom. The zero-order valence-corrected chi connectivity index (χ0v) is 16.6. The molecular formula is C18H28IN3O. The zero-order chi connectivity index (χ0) is 15.5. The average molecular weight is 429 g/mol. The van der Waals surface area contributed by atoms with E-state index in [2.05, 4.69) is 43.1 Å². The first-order chi connectivity index (χ1) is 10.6. The normalized spacial score (nSPS) is 24.3. The number of aryl methyl sites for hydroxylation is 1.